The number of aromatic amines is 1. The van der Waals surface area contributed by atoms with Gasteiger partial charge in [0.15, 0.2) is 0 Å². The van der Waals surface area contributed by atoms with Crippen LogP contribution < -0.4 is 10.9 Å². The Bertz CT molecular complexity index is 1060. The minimum absolute atomic E-state index is 0.206. The molecule has 4 heteroatoms. The number of rotatable bonds is 4. The second-order valence-corrected chi connectivity index (χ2v) is 7.47. The largest absolute Gasteiger partial charge is 0.348 e. The third-order valence-electron chi connectivity index (χ3n) is 5.34. The van der Waals surface area contributed by atoms with Crippen molar-refractivity contribution < 1.29 is 4.79 Å². The van der Waals surface area contributed by atoms with Gasteiger partial charge in [-0.2, -0.15) is 0 Å². The molecule has 0 fully saturated rings. The molecule has 0 saturated carbocycles. The van der Waals surface area contributed by atoms with Crippen molar-refractivity contribution in [2.75, 3.05) is 0 Å². The lowest BCUT2D eigenvalue weighted by Crippen LogP contribution is -2.30. The smallest absolute Gasteiger partial charge is 0.261 e. The van der Waals surface area contributed by atoms with Crippen LogP contribution in [0.25, 0.3) is 11.1 Å². The summed E-state index contributed by atoms with van der Waals surface area (Å²) in [5.41, 5.74) is 6.53. The van der Waals surface area contributed by atoms with E-state index < -0.39 is 0 Å². The predicted molar refractivity (Wildman–Crippen MR) is 111 cm³/mol. The molecule has 0 radical (unpaired) electrons. The number of pyridine rings is 1. The van der Waals surface area contributed by atoms with Gasteiger partial charge in [-0.05, 0) is 60.9 Å². The number of aryl methyl sites for hydroxylation is 3. The van der Waals surface area contributed by atoms with E-state index in [4.69, 9.17) is 0 Å². The summed E-state index contributed by atoms with van der Waals surface area (Å²) in [6, 6.07) is 18.3. The van der Waals surface area contributed by atoms with Crippen molar-refractivity contribution >= 4 is 5.91 Å². The number of benzene rings is 2. The van der Waals surface area contributed by atoms with Crippen molar-refractivity contribution in [3.63, 3.8) is 0 Å². The van der Waals surface area contributed by atoms with E-state index in [2.05, 4.69) is 53.6 Å². The van der Waals surface area contributed by atoms with Crippen LogP contribution >= 0.6 is 0 Å². The van der Waals surface area contributed by atoms with Crippen molar-refractivity contribution in [1.29, 1.82) is 0 Å². The van der Waals surface area contributed by atoms with Gasteiger partial charge in [0, 0.05) is 12.2 Å². The number of nitrogens with one attached hydrogen (secondary N) is 2. The highest BCUT2D eigenvalue weighted by molar-refractivity contribution is 5.94. The lowest BCUT2D eigenvalue weighted by atomic mass is 9.95. The van der Waals surface area contributed by atoms with Crippen LogP contribution in [-0.4, -0.2) is 10.9 Å². The van der Waals surface area contributed by atoms with Gasteiger partial charge in [0.05, 0.1) is 0 Å². The van der Waals surface area contributed by atoms with Crippen LogP contribution in [0.3, 0.4) is 0 Å². The fourth-order valence-corrected chi connectivity index (χ4v) is 3.76. The molecule has 2 N–H and O–H groups in total. The second kappa shape index (κ2) is 7.85. The molecule has 0 unspecified atom stereocenters. The highest BCUT2D eigenvalue weighted by Crippen LogP contribution is 2.21. The van der Waals surface area contributed by atoms with E-state index in [1.165, 1.54) is 11.1 Å². The zero-order chi connectivity index (χ0) is 19.5. The monoisotopic (exact) mass is 372 g/mol. The number of H-pyrrole nitrogens is 1. The van der Waals surface area contributed by atoms with Gasteiger partial charge in [-0.1, -0.05) is 54.1 Å². The van der Waals surface area contributed by atoms with E-state index >= 15 is 0 Å². The van der Waals surface area contributed by atoms with Crippen LogP contribution in [0.5, 0.6) is 0 Å². The van der Waals surface area contributed by atoms with Gasteiger partial charge in [-0.15, -0.1) is 0 Å². The van der Waals surface area contributed by atoms with Crippen LogP contribution in [0.15, 0.2) is 59.4 Å². The first kappa shape index (κ1) is 18.2. The molecule has 4 rings (SSSR count). The molecule has 1 aliphatic rings. The van der Waals surface area contributed by atoms with Gasteiger partial charge >= 0.3 is 0 Å². The molecule has 2 aromatic carbocycles. The first-order chi connectivity index (χ1) is 13.6. The third kappa shape index (κ3) is 3.91. The number of hydrogen-bond acceptors (Lipinski definition) is 2. The van der Waals surface area contributed by atoms with Gasteiger partial charge in [0.1, 0.15) is 5.56 Å². The molecule has 3 aromatic rings. The summed E-state index contributed by atoms with van der Waals surface area (Å²) in [7, 11) is 0. The summed E-state index contributed by atoms with van der Waals surface area (Å²) in [6.45, 7) is 2.47. The number of fused-ring (bicyclic) bond motifs is 1. The standard InChI is InChI=1S/C24H24N2O2/c1-16-5-4-7-19(13-16)18-11-9-17(10-12-18)15-25-23(27)21-14-20-6-2-3-8-22(20)26-24(21)28/h4-5,7,9-14H,2-3,6,8,15H2,1H3,(H,25,27)(H,26,28). The highest BCUT2D eigenvalue weighted by Gasteiger charge is 2.16. The quantitative estimate of drug-likeness (QED) is 0.722. The van der Waals surface area contributed by atoms with E-state index in [0.717, 1.165) is 48.1 Å². The van der Waals surface area contributed by atoms with E-state index in [0.29, 0.717) is 6.54 Å². The molecule has 1 heterocycles. The summed E-state index contributed by atoms with van der Waals surface area (Å²) in [5, 5.41) is 2.87. The molecule has 28 heavy (non-hydrogen) atoms. The fraction of sp³-hybridized carbons (Fsp3) is 0.250. The van der Waals surface area contributed by atoms with Gasteiger partial charge in [0.2, 0.25) is 0 Å². The van der Waals surface area contributed by atoms with E-state index in [9.17, 15) is 9.59 Å². The van der Waals surface area contributed by atoms with Crippen molar-refractivity contribution in [2.24, 2.45) is 0 Å². The highest BCUT2D eigenvalue weighted by atomic mass is 16.2. The third-order valence-corrected chi connectivity index (χ3v) is 5.34. The van der Waals surface area contributed by atoms with Crippen molar-refractivity contribution in [2.45, 2.75) is 39.2 Å². The Labute approximate surface area is 164 Å². The molecular weight excluding hydrogens is 348 g/mol. The molecule has 1 amide bonds. The number of amides is 1. The fourth-order valence-electron chi connectivity index (χ4n) is 3.76. The predicted octanol–water partition coefficient (Wildman–Crippen LogP) is 4.16. The number of aromatic nitrogens is 1. The Morgan fingerprint density at radius 3 is 2.57 bits per heavy atom. The van der Waals surface area contributed by atoms with Gasteiger partial charge in [0.25, 0.3) is 11.5 Å². The average Bonchev–Trinajstić information content (AvgIpc) is 2.72. The molecule has 1 aromatic heterocycles. The Balaban J connectivity index is 1.44. The molecule has 0 bridgehead atoms. The maximum absolute atomic E-state index is 12.5. The molecule has 142 valence electrons. The molecule has 0 aliphatic heterocycles. The van der Waals surface area contributed by atoms with Crippen LogP contribution in [0.4, 0.5) is 0 Å². The Kier molecular flexibility index (Phi) is 5.11. The molecule has 0 saturated heterocycles. The minimum Gasteiger partial charge on any atom is -0.348 e. The van der Waals surface area contributed by atoms with Gasteiger partial charge in [-0.3, -0.25) is 9.59 Å². The average molecular weight is 372 g/mol. The molecular formula is C24H24N2O2. The Morgan fingerprint density at radius 2 is 1.79 bits per heavy atom. The molecule has 1 aliphatic carbocycles. The van der Waals surface area contributed by atoms with Crippen molar-refractivity contribution in [3.05, 3.63) is 92.9 Å². The summed E-state index contributed by atoms with van der Waals surface area (Å²) < 4.78 is 0. The summed E-state index contributed by atoms with van der Waals surface area (Å²) in [4.78, 5) is 27.7. The summed E-state index contributed by atoms with van der Waals surface area (Å²) in [6.07, 6.45) is 4.01. The maximum Gasteiger partial charge on any atom is 0.261 e. The van der Waals surface area contributed by atoms with Crippen molar-refractivity contribution in [3.8, 4) is 11.1 Å². The number of carbonyl (C=O) groups excluding carboxylic acids is 1. The van der Waals surface area contributed by atoms with Crippen LogP contribution in [0, 0.1) is 6.92 Å². The SMILES string of the molecule is Cc1cccc(-c2ccc(CNC(=O)c3cc4c([nH]c3=O)CCCC4)cc2)c1. The molecule has 4 nitrogen and oxygen atoms in total. The topological polar surface area (TPSA) is 62.0 Å². The van der Waals surface area contributed by atoms with Crippen molar-refractivity contribution in [1.82, 2.24) is 10.3 Å². The first-order valence-electron chi connectivity index (χ1n) is 9.79. The van der Waals surface area contributed by atoms with Crippen LogP contribution in [-0.2, 0) is 19.4 Å². The summed E-state index contributed by atoms with van der Waals surface area (Å²) >= 11 is 0. The van der Waals surface area contributed by atoms with E-state index in [1.54, 1.807) is 6.07 Å². The normalized spacial score (nSPS) is 13.0. The summed E-state index contributed by atoms with van der Waals surface area (Å²) in [5.74, 6) is -0.322. The molecule has 0 atom stereocenters. The zero-order valence-electron chi connectivity index (χ0n) is 16.0. The maximum atomic E-state index is 12.5. The Hall–Kier alpha value is -3.14. The number of hydrogen-bond donors (Lipinski definition) is 2. The van der Waals surface area contributed by atoms with Gasteiger partial charge in [-0.25, -0.2) is 0 Å². The number of carbonyl (C=O) groups is 1. The van der Waals surface area contributed by atoms with Crippen LogP contribution in [0.2, 0.25) is 0 Å². The molecule has 0 spiro atoms. The van der Waals surface area contributed by atoms with Crippen LogP contribution in [0.1, 0.15) is 45.6 Å². The minimum atomic E-state index is -0.322. The first-order valence-corrected chi connectivity index (χ1v) is 9.79. The second-order valence-electron chi connectivity index (χ2n) is 7.47. The van der Waals surface area contributed by atoms with E-state index in [1.807, 2.05) is 12.1 Å². The lowest BCUT2D eigenvalue weighted by Gasteiger charge is -2.16. The zero-order valence-corrected chi connectivity index (χ0v) is 16.0. The van der Waals surface area contributed by atoms with Gasteiger partial charge < -0.3 is 10.3 Å². The Morgan fingerprint density at radius 1 is 1.00 bits per heavy atom. The lowest BCUT2D eigenvalue weighted by molar-refractivity contribution is 0.0949. The van der Waals surface area contributed by atoms with E-state index in [-0.39, 0.29) is 17.0 Å².